The molecule has 5 heteroatoms. The van der Waals surface area contributed by atoms with Crippen molar-refractivity contribution < 1.29 is 9.31 Å². The van der Waals surface area contributed by atoms with Crippen LogP contribution in [0.1, 0.15) is 44.8 Å². The van der Waals surface area contributed by atoms with E-state index in [1.807, 2.05) is 52.8 Å². The zero-order valence-corrected chi connectivity index (χ0v) is 12.9. The van der Waals surface area contributed by atoms with Crippen LogP contribution in [0.4, 0.5) is 0 Å². The molecule has 1 aliphatic heterocycles. The molecule has 0 spiro atoms. The lowest BCUT2D eigenvalue weighted by Gasteiger charge is -2.32. The average Bonchev–Trinajstić information content (AvgIpc) is 2.51. The van der Waals surface area contributed by atoms with E-state index >= 15 is 0 Å². The Morgan fingerprint density at radius 1 is 1.16 bits per heavy atom. The fraction of sp³-hybridized carbons (Fsp3) is 0.571. The van der Waals surface area contributed by atoms with Crippen LogP contribution in [0.2, 0.25) is 5.02 Å². The third-order valence-corrected chi connectivity index (χ3v) is 4.55. The standard InChI is InChI=1S/C14H21BClNO2/c1-9-6-7-10(8-11(9)16)12(17)15-18-13(2,3)14(4,5)19-15/h6-8,12H,17H2,1-5H3/t12-/m1/s1. The van der Waals surface area contributed by atoms with Gasteiger partial charge < -0.3 is 15.0 Å². The molecule has 2 rings (SSSR count). The second kappa shape index (κ2) is 4.78. The van der Waals surface area contributed by atoms with E-state index in [1.54, 1.807) is 0 Å². The van der Waals surface area contributed by atoms with Gasteiger partial charge in [0, 0.05) is 5.02 Å². The predicted octanol–water partition coefficient (Wildman–Crippen LogP) is 3.28. The molecule has 0 radical (unpaired) electrons. The van der Waals surface area contributed by atoms with Crippen molar-refractivity contribution in [3.63, 3.8) is 0 Å². The molecular formula is C14H21BClNO2. The fourth-order valence-electron chi connectivity index (χ4n) is 2.01. The third kappa shape index (κ3) is 2.68. The molecule has 3 nitrogen and oxygen atoms in total. The molecule has 1 aromatic rings. The van der Waals surface area contributed by atoms with Crippen LogP contribution in [-0.4, -0.2) is 18.3 Å². The predicted molar refractivity (Wildman–Crippen MR) is 79.2 cm³/mol. The first-order valence-electron chi connectivity index (χ1n) is 6.51. The van der Waals surface area contributed by atoms with E-state index in [1.165, 1.54) is 0 Å². The van der Waals surface area contributed by atoms with Gasteiger partial charge >= 0.3 is 7.12 Å². The molecule has 1 saturated heterocycles. The Kier molecular flexibility index (Phi) is 3.73. The first-order chi connectivity index (χ1) is 8.64. The molecule has 1 aromatic carbocycles. The maximum Gasteiger partial charge on any atom is 0.480 e. The molecule has 104 valence electrons. The maximum atomic E-state index is 6.25. The third-order valence-electron chi connectivity index (χ3n) is 4.15. The van der Waals surface area contributed by atoms with Gasteiger partial charge in [-0.2, -0.15) is 0 Å². The van der Waals surface area contributed by atoms with Gasteiger partial charge in [0.25, 0.3) is 0 Å². The second-order valence-electron chi connectivity index (χ2n) is 6.16. The summed E-state index contributed by atoms with van der Waals surface area (Å²) in [5.74, 6) is -0.348. The molecule has 0 amide bonds. The number of hydrogen-bond acceptors (Lipinski definition) is 3. The first kappa shape index (κ1) is 14.9. The average molecular weight is 282 g/mol. The Morgan fingerprint density at radius 2 is 1.68 bits per heavy atom. The van der Waals surface area contributed by atoms with Crippen LogP contribution >= 0.6 is 11.6 Å². The van der Waals surface area contributed by atoms with E-state index in [9.17, 15) is 0 Å². The summed E-state index contributed by atoms with van der Waals surface area (Å²) in [7, 11) is -0.455. The number of rotatable bonds is 2. The van der Waals surface area contributed by atoms with Crippen LogP contribution in [0, 0.1) is 6.92 Å². The molecule has 0 unspecified atom stereocenters. The zero-order valence-electron chi connectivity index (χ0n) is 12.2. The Balaban J connectivity index is 2.22. The lowest BCUT2D eigenvalue weighted by Crippen LogP contribution is -2.41. The maximum absolute atomic E-state index is 6.25. The van der Waals surface area contributed by atoms with E-state index < -0.39 is 7.12 Å². The van der Waals surface area contributed by atoms with Gasteiger partial charge in [-0.1, -0.05) is 23.7 Å². The minimum Gasteiger partial charge on any atom is -0.402 e. The van der Waals surface area contributed by atoms with Crippen molar-refractivity contribution in [3.8, 4) is 0 Å². The van der Waals surface area contributed by atoms with Gasteiger partial charge in [-0.05, 0) is 51.8 Å². The summed E-state index contributed by atoms with van der Waals surface area (Å²) in [5, 5.41) is 0.712. The molecule has 0 saturated carbocycles. The van der Waals surface area contributed by atoms with Crippen LogP contribution in [0.5, 0.6) is 0 Å². The van der Waals surface area contributed by atoms with Crippen LogP contribution in [0.25, 0.3) is 0 Å². The van der Waals surface area contributed by atoms with E-state index in [-0.39, 0.29) is 17.1 Å². The van der Waals surface area contributed by atoms with Crippen LogP contribution in [0.3, 0.4) is 0 Å². The van der Waals surface area contributed by atoms with Crippen LogP contribution in [-0.2, 0) is 9.31 Å². The Labute approximate surface area is 120 Å². The van der Waals surface area contributed by atoms with E-state index in [4.69, 9.17) is 26.6 Å². The van der Waals surface area contributed by atoms with Gasteiger partial charge in [-0.3, -0.25) is 0 Å². The lowest BCUT2D eigenvalue weighted by atomic mass is 9.75. The molecule has 1 atom stereocenters. The van der Waals surface area contributed by atoms with Crippen molar-refractivity contribution in [3.05, 3.63) is 34.3 Å². The Hall–Kier alpha value is -0.545. The highest BCUT2D eigenvalue weighted by molar-refractivity contribution is 6.47. The van der Waals surface area contributed by atoms with Crippen molar-refractivity contribution in [2.75, 3.05) is 0 Å². The van der Waals surface area contributed by atoms with Gasteiger partial charge in [0.1, 0.15) is 0 Å². The van der Waals surface area contributed by atoms with Gasteiger partial charge in [0.05, 0.1) is 17.1 Å². The normalized spacial score (nSPS) is 22.6. The van der Waals surface area contributed by atoms with Crippen molar-refractivity contribution in [1.29, 1.82) is 0 Å². The summed E-state index contributed by atoms with van der Waals surface area (Å²) in [4.78, 5) is 0. The molecule has 2 N–H and O–H groups in total. The summed E-state index contributed by atoms with van der Waals surface area (Å²) in [6.45, 7) is 10.0. The quantitative estimate of drug-likeness (QED) is 0.846. The van der Waals surface area contributed by atoms with Crippen LogP contribution < -0.4 is 5.73 Å². The van der Waals surface area contributed by atoms with Crippen molar-refractivity contribution in [1.82, 2.24) is 0 Å². The first-order valence-corrected chi connectivity index (χ1v) is 6.89. The summed E-state index contributed by atoms with van der Waals surface area (Å²) in [6.07, 6.45) is 0. The SMILES string of the molecule is Cc1ccc([C@@H](N)B2OC(C)(C)C(C)(C)O2)cc1Cl. The minimum absolute atomic E-state index is 0.348. The molecule has 1 heterocycles. The van der Waals surface area contributed by atoms with Crippen molar-refractivity contribution in [2.24, 2.45) is 5.73 Å². The summed E-state index contributed by atoms with van der Waals surface area (Å²) >= 11 is 6.14. The highest BCUT2D eigenvalue weighted by Gasteiger charge is 2.53. The summed E-state index contributed by atoms with van der Waals surface area (Å²) < 4.78 is 11.9. The molecule has 0 aliphatic carbocycles. The molecule has 0 bridgehead atoms. The summed E-state index contributed by atoms with van der Waals surface area (Å²) in [5.41, 5.74) is 7.47. The summed E-state index contributed by atoms with van der Waals surface area (Å²) in [6, 6.07) is 5.81. The monoisotopic (exact) mass is 281 g/mol. The van der Waals surface area contributed by atoms with Gasteiger partial charge in [0.15, 0.2) is 0 Å². The van der Waals surface area contributed by atoms with E-state index in [0.29, 0.717) is 5.02 Å². The Morgan fingerprint density at radius 3 is 2.16 bits per heavy atom. The minimum atomic E-state index is -0.455. The highest BCUT2D eigenvalue weighted by Crippen LogP contribution is 2.39. The fourth-order valence-corrected chi connectivity index (χ4v) is 2.20. The van der Waals surface area contributed by atoms with Gasteiger partial charge in [-0.25, -0.2) is 0 Å². The molecule has 1 fully saturated rings. The number of halogens is 1. The van der Waals surface area contributed by atoms with Gasteiger partial charge in [-0.15, -0.1) is 0 Å². The smallest absolute Gasteiger partial charge is 0.402 e. The van der Waals surface area contributed by atoms with Crippen molar-refractivity contribution >= 4 is 18.7 Å². The lowest BCUT2D eigenvalue weighted by molar-refractivity contribution is 0.00578. The second-order valence-corrected chi connectivity index (χ2v) is 6.57. The molecule has 0 aromatic heterocycles. The zero-order chi connectivity index (χ0) is 14.4. The molecule has 1 aliphatic rings. The number of aryl methyl sites for hydroxylation is 1. The highest BCUT2D eigenvalue weighted by atomic mass is 35.5. The molecular weight excluding hydrogens is 260 g/mol. The molecule has 19 heavy (non-hydrogen) atoms. The Bertz CT molecular complexity index is 474. The van der Waals surface area contributed by atoms with E-state index in [0.717, 1.165) is 11.1 Å². The van der Waals surface area contributed by atoms with E-state index in [2.05, 4.69) is 0 Å². The van der Waals surface area contributed by atoms with Crippen LogP contribution in [0.15, 0.2) is 18.2 Å². The largest absolute Gasteiger partial charge is 0.480 e. The number of hydrogen-bond donors (Lipinski definition) is 1. The van der Waals surface area contributed by atoms with Gasteiger partial charge in [0.2, 0.25) is 0 Å². The van der Waals surface area contributed by atoms with Crippen molar-refractivity contribution in [2.45, 2.75) is 51.8 Å². The topological polar surface area (TPSA) is 44.5 Å². The number of nitrogens with two attached hydrogens (primary N) is 1. The number of benzene rings is 1.